The first-order chi connectivity index (χ1) is 22.3. The topological polar surface area (TPSA) is 135 Å². The molecule has 5 rings (SSSR count). The molecule has 0 radical (unpaired) electrons. The van der Waals surface area contributed by atoms with E-state index in [0.29, 0.717) is 39.7 Å². The van der Waals surface area contributed by atoms with E-state index in [-0.39, 0.29) is 18.7 Å². The molecule has 4 N–H and O–H groups in total. The lowest BCUT2D eigenvalue weighted by atomic mass is 9.79. The molecule has 4 atom stereocenters. The highest BCUT2D eigenvalue weighted by molar-refractivity contribution is 7.84. The lowest BCUT2D eigenvalue weighted by molar-refractivity contribution is -0.119. The number of amides is 3. The molecule has 248 valence electrons. The third-order valence-electron chi connectivity index (χ3n) is 8.59. The summed E-state index contributed by atoms with van der Waals surface area (Å²) in [6.45, 7) is 5.49. The van der Waals surface area contributed by atoms with Gasteiger partial charge in [-0.1, -0.05) is 42.6 Å². The van der Waals surface area contributed by atoms with Crippen molar-refractivity contribution in [2.75, 3.05) is 17.2 Å². The second kappa shape index (κ2) is 14.1. The Labute approximate surface area is 282 Å². The minimum absolute atomic E-state index is 0.0282. The summed E-state index contributed by atoms with van der Waals surface area (Å²) in [4.78, 5) is 28.0. The van der Waals surface area contributed by atoms with Crippen LogP contribution >= 0.6 is 11.6 Å². The monoisotopic (exact) mass is 679 g/mol. The van der Waals surface area contributed by atoms with Crippen molar-refractivity contribution in [3.8, 4) is 6.07 Å². The number of hydrogen-bond acceptors (Lipinski definition) is 5. The second-order valence-corrected chi connectivity index (χ2v) is 15.6. The van der Waals surface area contributed by atoms with Crippen molar-refractivity contribution in [1.82, 2.24) is 9.62 Å². The molecule has 1 heterocycles. The number of nitrogens with zero attached hydrogens (tertiary/aromatic N) is 2. The molecule has 3 aromatic carbocycles. The number of nitrogens with one attached hydrogen (secondary N) is 3. The Morgan fingerprint density at radius 2 is 1.77 bits per heavy atom. The van der Waals surface area contributed by atoms with E-state index in [1.807, 2.05) is 26.8 Å². The minimum Gasteiger partial charge on any atom is -0.391 e. The number of aliphatic hydroxyl groups is 1. The molecule has 47 heavy (non-hydrogen) atoms. The van der Waals surface area contributed by atoms with Gasteiger partial charge in [0, 0.05) is 23.7 Å². The summed E-state index contributed by atoms with van der Waals surface area (Å²) in [5, 5.41) is 26.0. The van der Waals surface area contributed by atoms with Crippen LogP contribution in [0.2, 0.25) is 5.02 Å². The van der Waals surface area contributed by atoms with E-state index < -0.39 is 51.2 Å². The van der Waals surface area contributed by atoms with Crippen LogP contribution in [0.15, 0.2) is 66.7 Å². The largest absolute Gasteiger partial charge is 0.391 e. The molecule has 1 saturated heterocycles. The molecule has 0 aromatic heterocycles. The molecular weight excluding hydrogens is 641 g/mol. The van der Waals surface area contributed by atoms with Crippen LogP contribution < -0.4 is 15.4 Å². The molecule has 3 aromatic rings. The summed E-state index contributed by atoms with van der Waals surface area (Å²) >= 11 is 5.94. The number of β-amino-alcohol motifs (C(OH)–C–C–N with tert-alkyl or cyclic N) is 1. The molecule has 3 amide bonds. The highest BCUT2D eigenvalue weighted by Gasteiger charge is 2.42. The van der Waals surface area contributed by atoms with Crippen molar-refractivity contribution in [3.63, 3.8) is 0 Å². The molecule has 1 aliphatic carbocycles. The fourth-order valence-corrected chi connectivity index (χ4v) is 6.82. The number of carbonyl (C=O) groups excluding carboxylic acids is 2. The van der Waals surface area contributed by atoms with Gasteiger partial charge in [-0.3, -0.25) is 4.79 Å². The minimum atomic E-state index is -1.57. The van der Waals surface area contributed by atoms with E-state index in [4.69, 9.17) is 11.6 Å². The Morgan fingerprint density at radius 3 is 2.43 bits per heavy atom. The number of likely N-dealkylation sites (tertiary alicyclic amines) is 1. The van der Waals surface area contributed by atoms with Crippen LogP contribution in [0.25, 0.3) is 0 Å². The molecule has 9 nitrogen and oxygen atoms in total. The highest BCUT2D eigenvalue weighted by atomic mass is 35.5. The maximum Gasteiger partial charge on any atom is 0.322 e. The second-order valence-electron chi connectivity index (χ2n) is 13.2. The molecule has 1 saturated carbocycles. The third kappa shape index (κ3) is 8.19. The standard InChI is InChI=1S/C35H39ClFN5O4S/c1-34(2,3)47(46)41-35(16-15-22-7-8-22,24-6-4-5-23(17-24)20-38)25-9-14-29(37)30(18-25)40-32(44)31-19-28(43)21-42(31)33(45)39-27-12-10-26(36)11-13-27/h4-6,9-14,17-18,22,28,31,41,43H,7-8,15-16,19,21H2,1-3H3,(H,39,45)(H,40,44)/t28-,31+,35?,47?/m0/s1. The van der Waals surface area contributed by atoms with Crippen LogP contribution in [0.4, 0.5) is 20.6 Å². The van der Waals surface area contributed by atoms with E-state index in [9.17, 15) is 24.2 Å². The lowest BCUT2D eigenvalue weighted by Gasteiger charge is -2.38. The summed E-state index contributed by atoms with van der Waals surface area (Å²) in [6, 6.07) is 18.4. The van der Waals surface area contributed by atoms with Crippen LogP contribution in [-0.4, -0.2) is 49.6 Å². The number of benzene rings is 3. The van der Waals surface area contributed by atoms with Crippen LogP contribution in [-0.2, 0) is 21.3 Å². The van der Waals surface area contributed by atoms with Crippen LogP contribution in [0.3, 0.4) is 0 Å². The van der Waals surface area contributed by atoms with Gasteiger partial charge in [-0.05, 0) is 99.2 Å². The number of nitriles is 1. The Kier molecular flexibility index (Phi) is 10.4. The fourth-order valence-electron chi connectivity index (χ4n) is 5.73. The average molecular weight is 680 g/mol. The number of carbonyl (C=O) groups is 2. The number of aliphatic hydroxyl groups excluding tert-OH is 1. The van der Waals surface area contributed by atoms with Gasteiger partial charge in [-0.25, -0.2) is 18.1 Å². The first kappa shape index (κ1) is 34.5. The predicted octanol–water partition coefficient (Wildman–Crippen LogP) is 6.44. The maximum atomic E-state index is 15.5. The number of anilines is 2. The molecule has 12 heteroatoms. The number of hydrogen-bond donors (Lipinski definition) is 4. The van der Waals surface area contributed by atoms with Crippen LogP contribution in [0, 0.1) is 23.1 Å². The molecule has 2 unspecified atom stereocenters. The van der Waals surface area contributed by atoms with Gasteiger partial charge in [-0.2, -0.15) is 5.26 Å². The summed E-state index contributed by atoms with van der Waals surface area (Å²) in [6.07, 6.45) is 2.53. The van der Waals surface area contributed by atoms with Crippen molar-refractivity contribution in [2.45, 2.75) is 75.3 Å². The van der Waals surface area contributed by atoms with E-state index in [1.54, 1.807) is 48.5 Å². The van der Waals surface area contributed by atoms with Gasteiger partial charge in [-0.15, -0.1) is 0 Å². The third-order valence-corrected chi connectivity index (χ3v) is 10.5. The predicted molar refractivity (Wildman–Crippen MR) is 182 cm³/mol. The Morgan fingerprint density at radius 1 is 1.06 bits per heavy atom. The first-order valence-electron chi connectivity index (χ1n) is 15.6. The zero-order valence-electron chi connectivity index (χ0n) is 26.6. The van der Waals surface area contributed by atoms with Gasteiger partial charge in [0.05, 0.1) is 44.7 Å². The molecule has 0 spiro atoms. The number of rotatable bonds is 10. The fraction of sp³-hybridized carbons (Fsp3) is 0.400. The van der Waals surface area contributed by atoms with Crippen molar-refractivity contribution in [3.05, 3.63) is 94.3 Å². The molecule has 2 fully saturated rings. The van der Waals surface area contributed by atoms with Gasteiger partial charge in [0.2, 0.25) is 5.91 Å². The quantitative estimate of drug-likeness (QED) is 0.196. The number of urea groups is 1. The van der Waals surface area contributed by atoms with Crippen molar-refractivity contribution < 1.29 is 23.3 Å². The highest BCUT2D eigenvalue weighted by Crippen LogP contribution is 2.43. The molecular formula is C35H39ClFN5O4S. The van der Waals surface area contributed by atoms with E-state index in [0.717, 1.165) is 19.3 Å². The summed E-state index contributed by atoms with van der Waals surface area (Å²) in [5.74, 6) is -0.849. The summed E-state index contributed by atoms with van der Waals surface area (Å²) < 4.78 is 31.9. The Balaban J connectivity index is 1.49. The molecule has 1 aliphatic heterocycles. The maximum absolute atomic E-state index is 15.5. The van der Waals surface area contributed by atoms with Gasteiger partial charge in [0.25, 0.3) is 0 Å². The van der Waals surface area contributed by atoms with Gasteiger partial charge in [0.15, 0.2) is 0 Å². The van der Waals surface area contributed by atoms with Crippen LogP contribution in [0.1, 0.15) is 69.6 Å². The average Bonchev–Trinajstić information content (AvgIpc) is 3.79. The normalized spacial score (nSPS) is 19.8. The summed E-state index contributed by atoms with van der Waals surface area (Å²) in [5.41, 5.74) is 0.932. The molecule has 2 aliphatic rings. The van der Waals surface area contributed by atoms with Gasteiger partial charge in [0.1, 0.15) is 11.9 Å². The zero-order valence-corrected chi connectivity index (χ0v) is 28.1. The Bertz CT molecular complexity index is 1710. The SMILES string of the molecule is CC(C)(C)S(=O)NC(CCC1CC1)(c1cccc(C#N)c1)c1ccc(F)c(NC(=O)[C@H]2C[C@H](O)CN2C(=O)Nc2ccc(Cl)cc2)c1. The van der Waals surface area contributed by atoms with Crippen molar-refractivity contribution in [2.24, 2.45) is 5.92 Å². The van der Waals surface area contributed by atoms with Crippen molar-refractivity contribution >= 4 is 45.9 Å². The molecule has 0 bridgehead atoms. The zero-order chi connectivity index (χ0) is 33.9. The van der Waals surface area contributed by atoms with Gasteiger partial charge >= 0.3 is 6.03 Å². The van der Waals surface area contributed by atoms with E-state index in [1.165, 1.54) is 17.0 Å². The summed E-state index contributed by atoms with van der Waals surface area (Å²) in [7, 11) is -1.57. The Hall–Kier alpha value is -3.82. The smallest absolute Gasteiger partial charge is 0.322 e. The van der Waals surface area contributed by atoms with E-state index >= 15 is 4.39 Å². The van der Waals surface area contributed by atoms with Gasteiger partial charge < -0.3 is 20.6 Å². The first-order valence-corrected chi connectivity index (χ1v) is 17.1. The van der Waals surface area contributed by atoms with E-state index in [2.05, 4.69) is 21.4 Å². The van der Waals surface area contributed by atoms with Crippen LogP contribution in [0.5, 0.6) is 0 Å². The van der Waals surface area contributed by atoms with Crippen molar-refractivity contribution in [1.29, 1.82) is 5.26 Å². The number of halogens is 2. The lowest BCUT2D eigenvalue weighted by Crippen LogP contribution is -2.49.